The van der Waals surface area contributed by atoms with E-state index in [1.807, 2.05) is 24.3 Å². The summed E-state index contributed by atoms with van der Waals surface area (Å²) < 4.78 is 1.05. The summed E-state index contributed by atoms with van der Waals surface area (Å²) in [5.74, 6) is 0. The third-order valence-corrected chi connectivity index (χ3v) is 4.30. The molecule has 0 nitrogen and oxygen atoms in total. The molecule has 0 fully saturated rings. The van der Waals surface area contributed by atoms with Crippen LogP contribution in [0.15, 0.2) is 46.9 Å². The molecule has 0 heterocycles. The third-order valence-electron chi connectivity index (χ3n) is 2.85. The summed E-state index contributed by atoms with van der Waals surface area (Å²) in [5.41, 5.74) is 3.39. The van der Waals surface area contributed by atoms with Crippen LogP contribution in [0, 0.1) is 6.92 Å². The Labute approximate surface area is 126 Å². The van der Waals surface area contributed by atoms with E-state index in [2.05, 4.69) is 41.1 Å². The Kier molecular flexibility index (Phi) is 4.71. The molecule has 2 aromatic carbocycles. The summed E-state index contributed by atoms with van der Waals surface area (Å²) in [6, 6.07) is 14.0. The predicted octanol–water partition coefficient (Wildman–Crippen LogP) is 5.93. The Bertz CT molecular complexity index is 552. The van der Waals surface area contributed by atoms with Crippen molar-refractivity contribution < 1.29 is 0 Å². The van der Waals surface area contributed by atoms with Crippen molar-refractivity contribution in [3.05, 3.63) is 68.7 Å². The summed E-state index contributed by atoms with van der Waals surface area (Å²) >= 11 is 16.2. The molecule has 1 atom stereocenters. The highest BCUT2D eigenvalue weighted by Crippen LogP contribution is 2.33. The minimum Gasteiger partial charge on any atom is -0.117 e. The molecule has 2 aromatic rings. The van der Waals surface area contributed by atoms with Crippen LogP contribution in [0.25, 0.3) is 0 Å². The average Bonchev–Trinajstić information content (AvgIpc) is 2.32. The Balaban J connectivity index is 2.22. The van der Waals surface area contributed by atoms with Crippen LogP contribution in [0.3, 0.4) is 0 Å². The van der Waals surface area contributed by atoms with E-state index in [0.29, 0.717) is 0 Å². The van der Waals surface area contributed by atoms with Crippen molar-refractivity contribution >= 4 is 39.1 Å². The first-order valence-electron chi connectivity index (χ1n) is 5.71. The highest BCUT2D eigenvalue weighted by Gasteiger charge is 2.13. The zero-order valence-corrected chi connectivity index (χ0v) is 13.1. The molecular weight excluding hydrogens is 331 g/mol. The number of aryl methyl sites for hydroxylation is 1. The van der Waals surface area contributed by atoms with Gasteiger partial charge in [-0.3, -0.25) is 0 Å². The molecule has 0 aliphatic carbocycles. The molecule has 0 aliphatic heterocycles. The van der Waals surface area contributed by atoms with E-state index in [-0.39, 0.29) is 5.38 Å². The van der Waals surface area contributed by atoms with Gasteiger partial charge in [-0.1, -0.05) is 57.9 Å². The fourth-order valence-electron chi connectivity index (χ4n) is 1.85. The van der Waals surface area contributed by atoms with Crippen molar-refractivity contribution in [2.24, 2.45) is 0 Å². The van der Waals surface area contributed by atoms with Crippen molar-refractivity contribution in [3.8, 4) is 0 Å². The Morgan fingerprint density at radius 2 is 1.89 bits per heavy atom. The van der Waals surface area contributed by atoms with Gasteiger partial charge < -0.3 is 0 Å². The quantitative estimate of drug-likeness (QED) is 0.605. The minimum atomic E-state index is -0.0834. The fraction of sp³-hybridized carbons (Fsp3) is 0.200. The van der Waals surface area contributed by atoms with Gasteiger partial charge in [0.15, 0.2) is 0 Å². The van der Waals surface area contributed by atoms with Gasteiger partial charge in [-0.15, -0.1) is 11.6 Å². The lowest BCUT2D eigenvalue weighted by Crippen LogP contribution is -1.98. The zero-order valence-electron chi connectivity index (χ0n) is 9.96. The van der Waals surface area contributed by atoms with Crippen LogP contribution in [-0.4, -0.2) is 0 Å². The van der Waals surface area contributed by atoms with E-state index in [0.717, 1.165) is 27.0 Å². The first-order chi connectivity index (χ1) is 8.58. The molecule has 0 spiro atoms. The van der Waals surface area contributed by atoms with Gasteiger partial charge in [-0.2, -0.15) is 0 Å². The monoisotopic (exact) mass is 342 g/mol. The number of benzene rings is 2. The smallest absolute Gasteiger partial charge is 0.0637 e. The van der Waals surface area contributed by atoms with E-state index in [1.54, 1.807) is 0 Å². The van der Waals surface area contributed by atoms with Crippen molar-refractivity contribution in [2.75, 3.05) is 0 Å². The van der Waals surface area contributed by atoms with Gasteiger partial charge in [0, 0.05) is 9.50 Å². The first-order valence-corrected chi connectivity index (χ1v) is 7.32. The molecule has 3 heteroatoms. The summed E-state index contributed by atoms with van der Waals surface area (Å²) in [5, 5.41) is 0.686. The number of rotatable bonds is 3. The van der Waals surface area contributed by atoms with Crippen molar-refractivity contribution in [1.29, 1.82) is 0 Å². The lowest BCUT2D eigenvalue weighted by molar-refractivity contribution is 0.914. The Morgan fingerprint density at radius 3 is 2.56 bits per heavy atom. The molecule has 1 unspecified atom stereocenters. The summed E-state index contributed by atoms with van der Waals surface area (Å²) in [7, 11) is 0. The van der Waals surface area contributed by atoms with Crippen LogP contribution in [0.1, 0.15) is 22.1 Å². The van der Waals surface area contributed by atoms with Crippen LogP contribution in [0.4, 0.5) is 0 Å². The molecule has 2 rings (SSSR count). The number of alkyl halides is 1. The van der Waals surface area contributed by atoms with Crippen molar-refractivity contribution in [3.63, 3.8) is 0 Å². The van der Waals surface area contributed by atoms with Crippen molar-refractivity contribution in [1.82, 2.24) is 0 Å². The molecule has 0 bridgehead atoms. The van der Waals surface area contributed by atoms with Gasteiger partial charge in [-0.05, 0) is 42.2 Å². The van der Waals surface area contributed by atoms with Gasteiger partial charge in [0.25, 0.3) is 0 Å². The minimum absolute atomic E-state index is 0.0834. The van der Waals surface area contributed by atoms with E-state index >= 15 is 0 Å². The second kappa shape index (κ2) is 6.10. The SMILES string of the molecule is Cc1ccc(C(Cl)Cc2ccccc2Cl)c(Br)c1. The zero-order chi connectivity index (χ0) is 13.1. The lowest BCUT2D eigenvalue weighted by atomic mass is 10.0. The van der Waals surface area contributed by atoms with Crippen LogP contribution in [-0.2, 0) is 6.42 Å². The van der Waals surface area contributed by atoms with Gasteiger partial charge >= 0.3 is 0 Å². The molecule has 0 saturated carbocycles. The van der Waals surface area contributed by atoms with Crippen molar-refractivity contribution in [2.45, 2.75) is 18.7 Å². The molecular formula is C15H13BrCl2. The number of hydrogen-bond donors (Lipinski definition) is 0. The molecule has 0 aliphatic rings. The molecule has 0 saturated heterocycles. The van der Waals surface area contributed by atoms with Crippen LogP contribution >= 0.6 is 39.1 Å². The summed E-state index contributed by atoms with van der Waals surface area (Å²) in [6.45, 7) is 2.06. The molecule has 0 amide bonds. The second-order valence-electron chi connectivity index (χ2n) is 4.29. The Morgan fingerprint density at radius 1 is 1.17 bits per heavy atom. The van der Waals surface area contributed by atoms with Crippen LogP contribution in [0.2, 0.25) is 5.02 Å². The maximum absolute atomic E-state index is 6.48. The predicted molar refractivity (Wildman–Crippen MR) is 82.6 cm³/mol. The van der Waals surface area contributed by atoms with Gasteiger partial charge in [0.1, 0.15) is 0 Å². The highest BCUT2D eigenvalue weighted by molar-refractivity contribution is 9.10. The first kappa shape index (κ1) is 13.9. The lowest BCUT2D eigenvalue weighted by Gasteiger charge is -2.13. The van der Waals surface area contributed by atoms with Gasteiger partial charge in [0.2, 0.25) is 0 Å². The standard InChI is InChI=1S/C15H13BrCl2/c1-10-6-7-12(13(16)8-10)15(18)9-11-4-2-3-5-14(11)17/h2-8,15H,9H2,1H3. The maximum atomic E-state index is 6.48. The maximum Gasteiger partial charge on any atom is 0.0637 e. The van der Waals surface area contributed by atoms with Crippen LogP contribution in [0.5, 0.6) is 0 Å². The molecule has 18 heavy (non-hydrogen) atoms. The summed E-state index contributed by atoms with van der Waals surface area (Å²) in [6.07, 6.45) is 0.725. The number of halogens is 3. The van der Waals surface area contributed by atoms with E-state index in [9.17, 15) is 0 Å². The molecule has 94 valence electrons. The molecule has 0 aromatic heterocycles. The fourth-order valence-corrected chi connectivity index (χ4v) is 3.32. The van der Waals surface area contributed by atoms with E-state index in [1.165, 1.54) is 5.56 Å². The second-order valence-corrected chi connectivity index (χ2v) is 6.08. The van der Waals surface area contributed by atoms with E-state index < -0.39 is 0 Å². The van der Waals surface area contributed by atoms with E-state index in [4.69, 9.17) is 23.2 Å². The Hall–Kier alpha value is -0.500. The average molecular weight is 344 g/mol. The largest absolute Gasteiger partial charge is 0.117 e. The highest BCUT2D eigenvalue weighted by atomic mass is 79.9. The van der Waals surface area contributed by atoms with Gasteiger partial charge in [0.05, 0.1) is 5.38 Å². The summed E-state index contributed by atoms with van der Waals surface area (Å²) in [4.78, 5) is 0. The topological polar surface area (TPSA) is 0 Å². The van der Waals surface area contributed by atoms with Crippen LogP contribution < -0.4 is 0 Å². The van der Waals surface area contributed by atoms with Gasteiger partial charge in [-0.25, -0.2) is 0 Å². The molecule has 0 radical (unpaired) electrons. The normalized spacial score (nSPS) is 12.4. The third kappa shape index (κ3) is 3.28. The number of hydrogen-bond acceptors (Lipinski definition) is 0. The molecule has 0 N–H and O–H groups in total.